The molecule has 0 fully saturated rings. The van der Waals surface area contributed by atoms with Crippen LogP contribution in [0, 0.1) is 0 Å². The molecule has 0 aliphatic rings. The van der Waals surface area contributed by atoms with Crippen LogP contribution in [0.15, 0.2) is 0 Å². The van der Waals surface area contributed by atoms with E-state index >= 15 is 0 Å². The fourth-order valence-electron chi connectivity index (χ4n) is 11.2. The first-order valence-electron chi connectivity index (χ1n) is 35.4. The van der Waals surface area contributed by atoms with E-state index in [0.717, 1.165) is 38.5 Å². The molecule has 0 aliphatic heterocycles. The van der Waals surface area contributed by atoms with Crippen LogP contribution in [0.2, 0.25) is 0 Å². The number of hydrogen-bond acceptors (Lipinski definition) is 6. The first-order valence-corrected chi connectivity index (χ1v) is 35.4. The fourth-order valence-corrected chi connectivity index (χ4v) is 11.2. The Bertz CT molecular complexity index is 933. The van der Waals surface area contributed by atoms with Crippen molar-refractivity contribution in [1.29, 1.82) is 0 Å². The van der Waals surface area contributed by atoms with Gasteiger partial charge in [-0.25, -0.2) is 0 Å². The van der Waals surface area contributed by atoms with Crippen molar-refractivity contribution < 1.29 is 29.2 Å². The monoisotopic (exact) mass is 1080 g/mol. The Kier molecular flexibility index (Phi) is 67.1. The summed E-state index contributed by atoms with van der Waals surface area (Å²) in [5, 5.41) is 23.7. The van der Waals surface area contributed by atoms with Crippen molar-refractivity contribution in [2.75, 3.05) is 39.6 Å². The van der Waals surface area contributed by atoms with E-state index in [0.29, 0.717) is 39.6 Å². The Hall–Kier alpha value is -0.240. The van der Waals surface area contributed by atoms with Gasteiger partial charge in [0.15, 0.2) is 0 Å². The van der Waals surface area contributed by atoms with Crippen LogP contribution >= 0.6 is 0 Å². The molecule has 0 saturated carbocycles. The maximum Gasteiger partial charge on any atom is 0.111 e. The van der Waals surface area contributed by atoms with Gasteiger partial charge in [-0.3, -0.25) is 0 Å². The Balaban J connectivity index is 5.01. The second-order valence-electron chi connectivity index (χ2n) is 24.3. The molecule has 0 aromatic rings. The lowest BCUT2D eigenvalue weighted by molar-refractivity contribution is -0.163. The minimum atomic E-state index is -1.10. The molecule has 6 nitrogen and oxygen atoms in total. The van der Waals surface area contributed by atoms with Crippen LogP contribution < -0.4 is 0 Å². The van der Waals surface area contributed by atoms with E-state index in [1.165, 1.54) is 321 Å². The second-order valence-corrected chi connectivity index (χ2v) is 24.3. The van der Waals surface area contributed by atoms with E-state index in [2.05, 4.69) is 27.7 Å². The first kappa shape index (κ1) is 75.8. The van der Waals surface area contributed by atoms with Gasteiger partial charge in [0.25, 0.3) is 0 Å². The predicted molar refractivity (Wildman–Crippen MR) is 334 cm³/mol. The van der Waals surface area contributed by atoms with E-state index in [1.807, 2.05) is 0 Å². The van der Waals surface area contributed by atoms with Crippen molar-refractivity contribution >= 4 is 0 Å². The van der Waals surface area contributed by atoms with Crippen LogP contribution in [0.1, 0.15) is 387 Å². The van der Waals surface area contributed by atoms with Crippen LogP contribution in [-0.2, 0) is 18.9 Å². The second kappa shape index (κ2) is 67.3. The summed E-state index contributed by atoms with van der Waals surface area (Å²) in [6.45, 7) is 12.3. The van der Waals surface area contributed by atoms with Gasteiger partial charge in [-0.1, -0.05) is 362 Å². The Labute approximate surface area is 478 Å². The van der Waals surface area contributed by atoms with Crippen molar-refractivity contribution in [3.05, 3.63) is 0 Å². The molecule has 2 N–H and O–H groups in total. The highest BCUT2D eigenvalue weighted by molar-refractivity contribution is 4.83. The molecule has 0 aliphatic carbocycles. The molecule has 0 saturated heterocycles. The number of aliphatic hydroxyl groups is 2. The average molecular weight is 1080 g/mol. The highest BCUT2D eigenvalue weighted by Gasteiger charge is 2.34. The Morgan fingerprint density at radius 1 is 0.197 bits per heavy atom. The minimum absolute atomic E-state index is 0.292. The van der Waals surface area contributed by atoms with Crippen molar-refractivity contribution in [1.82, 2.24) is 0 Å². The minimum Gasteiger partial charge on any atom is -0.388 e. The number of hydrogen-bond donors (Lipinski definition) is 2. The zero-order valence-corrected chi connectivity index (χ0v) is 52.7. The molecular weight excluding hydrogens is 937 g/mol. The molecule has 6 heteroatoms. The number of ether oxygens (including phenoxy) is 4. The van der Waals surface area contributed by atoms with Crippen molar-refractivity contribution in [2.24, 2.45) is 0 Å². The summed E-state index contributed by atoms with van der Waals surface area (Å²) in [4.78, 5) is 0. The molecule has 0 radical (unpaired) electrons. The van der Waals surface area contributed by atoms with Crippen LogP contribution in [0.4, 0.5) is 0 Å². The summed E-state index contributed by atoms with van der Waals surface area (Å²) >= 11 is 0. The molecule has 76 heavy (non-hydrogen) atoms. The smallest absolute Gasteiger partial charge is 0.111 e. The topological polar surface area (TPSA) is 77.4 Å². The summed E-state index contributed by atoms with van der Waals surface area (Å²) in [7, 11) is 0. The summed E-state index contributed by atoms with van der Waals surface area (Å²) in [5.74, 6) is 0. The number of aliphatic hydroxyl groups excluding tert-OH is 2. The standard InChI is InChI=1S/C70H142O6/c1-5-9-13-17-21-25-29-33-35-37-39-41-45-49-53-57-61-73-65-67(75-63-59-55-51-47-43-31-27-23-19-15-11-7-3)69(71)70(72)68(76-64-60-56-52-48-44-32-28-24-20-16-12-8-4)66-74-62-58-54-50-46-42-40-38-36-34-30-26-22-18-14-10-6-2/h67-72H,5-66H2,1-4H3/t67-,68-,69-,70-/m1/s1. The van der Waals surface area contributed by atoms with Crippen molar-refractivity contribution in [3.63, 3.8) is 0 Å². The van der Waals surface area contributed by atoms with Gasteiger partial charge >= 0.3 is 0 Å². The SMILES string of the molecule is CCCCCCCCCCCCCCCCCCOC[C@@H](OCCCCCCCCCCCCCC)[C@@H](O)[C@H](O)[C@@H](COCCCCCCCCCCCCCCCCCC)OCCCCCCCCCCCCCC. The maximum atomic E-state index is 11.8. The summed E-state index contributed by atoms with van der Waals surface area (Å²) < 4.78 is 25.4. The fraction of sp³-hybridized carbons (Fsp3) is 1.00. The van der Waals surface area contributed by atoms with E-state index < -0.39 is 24.4 Å². The van der Waals surface area contributed by atoms with Crippen molar-refractivity contribution in [3.8, 4) is 0 Å². The quantitative estimate of drug-likeness (QED) is 0.0591. The largest absolute Gasteiger partial charge is 0.388 e. The molecule has 0 heterocycles. The van der Waals surface area contributed by atoms with Gasteiger partial charge < -0.3 is 29.2 Å². The summed E-state index contributed by atoms with van der Waals surface area (Å²) in [5.41, 5.74) is 0. The normalized spacial score (nSPS) is 13.5. The molecule has 0 aromatic heterocycles. The zero-order valence-electron chi connectivity index (χ0n) is 52.7. The Morgan fingerprint density at radius 3 is 0.513 bits per heavy atom. The Morgan fingerprint density at radius 2 is 0.342 bits per heavy atom. The molecule has 458 valence electrons. The number of rotatable bonds is 69. The molecular formula is C70H142O6. The molecule has 0 amide bonds. The highest BCUT2D eigenvalue weighted by atomic mass is 16.6. The van der Waals surface area contributed by atoms with Gasteiger partial charge in [-0.15, -0.1) is 0 Å². The molecule has 0 rings (SSSR count). The first-order chi connectivity index (χ1) is 37.6. The maximum absolute atomic E-state index is 11.8. The summed E-state index contributed by atoms with van der Waals surface area (Å²) in [6.07, 6.45) is 71.0. The van der Waals surface area contributed by atoms with Gasteiger partial charge in [0.1, 0.15) is 24.4 Å². The van der Waals surface area contributed by atoms with Gasteiger partial charge in [0.05, 0.1) is 13.2 Å². The van der Waals surface area contributed by atoms with Crippen molar-refractivity contribution in [2.45, 2.75) is 412 Å². The molecule has 4 atom stereocenters. The van der Waals surface area contributed by atoms with E-state index in [1.54, 1.807) is 0 Å². The number of unbranched alkanes of at least 4 members (excludes halogenated alkanes) is 52. The van der Waals surface area contributed by atoms with E-state index in [9.17, 15) is 10.2 Å². The predicted octanol–water partition coefficient (Wildman–Crippen LogP) is 22.4. The van der Waals surface area contributed by atoms with Gasteiger partial charge in [0, 0.05) is 26.4 Å². The van der Waals surface area contributed by atoms with E-state index in [-0.39, 0.29) is 0 Å². The molecule has 0 spiro atoms. The third kappa shape index (κ3) is 58.4. The molecule has 0 bridgehead atoms. The third-order valence-electron chi connectivity index (χ3n) is 16.6. The lowest BCUT2D eigenvalue weighted by atomic mass is 10.0. The highest BCUT2D eigenvalue weighted by Crippen LogP contribution is 2.20. The molecule has 0 aromatic carbocycles. The third-order valence-corrected chi connectivity index (χ3v) is 16.6. The summed E-state index contributed by atoms with van der Waals surface area (Å²) in [6, 6.07) is 0. The van der Waals surface area contributed by atoms with Gasteiger partial charge in [-0.05, 0) is 25.7 Å². The van der Waals surface area contributed by atoms with Crippen LogP contribution in [-0.4, -0.2) is 74.3 Å². The lowest BCUT2D eigenvalue weighted by Crippen LogP contribution is -2.50. The van der Waals surface area contributed by atoms with Crippen LogP contribution in [0.5, 0.6) is 0 Å². The average Bonchev–Trinajstić information content (AvgIpc) is 3.43. The zero-order chi connectivity index (χ0) is 55.0. The molecule has 0 unspecified atom stereocenters. The van der Waals surface area contributed by atoms with Crippen LogP contribution in [0.3, 0.4) is 0 Å². The lowest BCUT2D eigenvalue weighted by Gasteiger charge is -2.32. The van der Waals surface area contributed by atoms with Crippen LogP contribution in [0.25, 0.3) is 0 Å². The van der Waals surface area contributed by atoms with E-state index in [4.69, 9.17) is 18.9 Å². The van der Waals surface area contributed by atoms with Gasteiger partial charge in [-0.2, -0.15) is 0 Å². The van der Waals surface area contributed by atoms with Gasteiger partial charge in [0.2, 0.25) is 0 Å².